The maximum Gasteiger partial charge on any atom is 0.0300 e. The van der Waals surface area contributed by atoms with Gasteiger partial charge in [0.05, 0.1) is 0 Å². The topological polar surface area (TPSA) is 15.3 Å². The molecule has 2 nitrogen and oxygen atoms in total. The largest absolute Gasteiger partial charge is 0.311 e. The van der Waals surface area contributed by atoms with Gasteiger partial charge in [-0.3, -0.25) is 4.90 Å². The van der Waals surface area contributed by atoms with Crippen molar-refractivity contribution in [2.45, 2.75) is 44.7 Å². The van der Waals surface area contributed by atoms with E-state index in [9.17, 15) is 0 Å². The Morgan fingerprint density at radius 2 is 2.22 bits per heavy atom. The molecule has 2 atom stereocenters. The van der Waals surface area contributed by atoms with Crippen LogP contribution in [-0.2, 0) is 6.54 Å². The van der Waals surface area contributed by atoms with E-state index < -0.39 is 0 Å². The third kappa shape index (κ3) is 2.95. The highest BCUT2D eigenvalue weighted by atomic mass is 32.1. The molecule has 1 N–H and O–H groups in total. The standard InChI is InChI=1S/C15H24N2S/c1-4-13-5-2-9-17(15(13)7-1)10-8-16-12-14-6-3-11-18-14/h3,6,11,13,15-16H,1-2,4-5,7-10,12H2. The number of thiophene rings is 1. The molecule has 2 unspecified atom stereocenters. The lowest BCUT2D eigenvalue weighted by atomic mass is 9.92. The Kier molecular flexibility index (Phi) is 4.34. The first-order chi connectivity index (χ1) is 8.93. The lowest BCUT2D eigenvalue weighted by Crippen LogP contribution is -2.45. The van der Waals surface area contributed by atoms with Gasteiger partial charge >= 0.3 is 0 Å². The van der Waals surface area contributed by atoms with Crippen LogP contribution in [0.15, 0.2) is 17.5 Å². The third-order valence-electron chi connectivity index (χ3n) is 4.56. The van der Waals surface area contributed by atoms with Gasteiger partial charge in [0.1, 0.15) is 0 Å². The second-order valence-corrected chi connectivity index (χ2v) is 6.72. The average molecular weight is 264 g/mol. The Balaban J connectivity index is 1.39. The summed E-state index contributed by atoms with van der Waals surface area (Å²) in [5.41, 5.74) is 0. The van der Waals surface area contributed by atoms with Gasteiger partial charge in [0.2, 0.25) is 0 Å². The van der Waals surface area contributed by atoms with Gasteiger partial charge in [-0.1, -0.05) is 12.5 Å². The normalized spacial score (nSPS) is 28.4. The van der Waals surface area contributed by atoms with E-state index in [1.54, 1.807) is 0 Å². The molecule has 1 aliphatic carbocycles. The van der Waals surface area contributed by atoms with Crippen molar-refractivity contribution in [2.75, 3.05) is 19.6 Å². The summed E-state index contributed by atoms with van der Waals surface area (Å²) in [6.07, 6.45) is 7.32. The van der Waals surface area contributed by atoms with Crippen molar-refractivity contribution in [3.05, 3.63) is 22.4 Å². The third-order valence-corrected chi connectivity index (χ3v) is 5.44. The van der Waals surface area contributed by atoms with E-state index in [1.165, 1.54) is 50.1 Å². The molecule has 1 saturated carbocycles. The number of nitrogens with zero attached hydrogens (tertiary/aromatic N) is 1. The van der Waals surface area contributed by atoms with Crippen LogP contribution < -0.4 is 5.32 Å². The highest BCUT2D eigenvalue weighted by Crippen LogP contribution is 2.36. The first kappa shape index (κ1) is 12.6. The molecule has 18 heavy (non-hydrogen) atoms. The molecule has 3 rings (SSSR count). The fraction of sp³-hybridized carbons (Fsp3) is 0.733. The number of hydrogen-bond acceptors (Lipinski definition) is 3. The molecule has 0 spiro atoms. The molecule has 1 saturated heterocycles. The number of nitrogens with one attached hydrogen (secondary N) is 1. The van der Waals surface area contributed by atoms with Crippen LogP contribution in [0.5, 0.6) is 0 Å². The SMILES string of the molecule is c1csc(CNCCN2CCCC3CCCC32)c1. The molecule has 1 aromatic rings. The molecule has 1 aliphatic heterocycles. The zero-order chi connectivity index (χ0) is 12.2. The van der Waals surface area contributed by atoms with Gasteiger partial charge in [-0.15, -0.1) is 11.3 Å². The minimum Gasteiger partial charge on any atom is -0.311 e. The monoisotopic (exact) mass is 264 g/mol. The van der Waals surface area contributed by atoms with E-state index >= 15 is 0 Å². The average Bonchev–Trinajstić information content (AvgIpc) is 3.05. The Hall–Kier alpha value is -0.380. The van der Waals surface area contributed by atoms with E-state index in [-0.39, 0.29) is 0 Å². The van der Waals surface area contributed by atoms with Gasteiger partial charge in [0.25, 0.3) is 0 Å². The quantitative estimate of drug-likeness (QED) is 0.822. The van der Waals surface area contributed by atoms with E-state index in [0.29, 0.717) is 0 Å². The Morgan fingerprint density at radius 3 is 3.11 bits per heavy atom. The molecular formula is C15H24N2S. The summed E-state index contributed by atoms with van der Waals surface area (Å²) in [6, 6.07) is 5.27. The maximum atomic E-state index is 3.58. The summed E-state index contributed by atoms with van der Waals surface area (Å²) >= 11 is 1.85. The summed E-state index contributed by atoms with van der Waals surface area (Å²) in [5.74, 6) is 1.02. The van der Waals surface area contributed by atoms with Crippen LogP contribution in [0, 0.1) is 5.92 Å². The summed E-state index contributed by atoms with van der Waals surface area (Å²) in [6.45, 7) is 4.76. The predicted molar refractivity (Wildman–Crippen MR) is 78.0 cm³/mol. The summed E-state index contributed by atoms with van der Waals surface area (Å²) in [4.78, 5) is 4.20. The zero-order valence-corrected chi connectivity index (χ0v) is 11.9. The van der Waals surface area contributed by atoms with Crippen molar-refractivity contribution in [1.82, 2.24) is 10.2 Å². The molecule has 2 aliphatic rings. The molecule has 100 valence electrons. The summed E-state index contributed by atoms with van der Waals surface area (Å²) in [7, 11) is 0. The lowest BCUT2D eigenvalue weighted by molar-refractivity contribution is 0.114. The first-order valence-electron chi connectivity index (χ1n) is 7.40. The van der Waals surface area contributed by atoms with E-state index in [0.717, 1.165) is 25.0 Å². The van der Waals surface area contributed by atoms with Gasteiger partial charge < -0.3 is 5.32 Å². The maximum absolute atomic E-state index is 3.58. The summed E-state index contributed by atoms with van der Waals surface area (Å²) < 4.78 is 0. The molecule has 3 heteroatoms. The highest BCUT2D eigenvalue weighted by molar-refractivity contribution is 7.09. The molecule has 0 bridgehead atoms. The van der Waals surface area contributed by atoms with Crippen LogP contribution in [0.1, 0.15) is 37.0 Å². The van der Waals surface area contributed by atoms with Gasteiger partial charge in [0, 0.05) is 30.6 Å². The summed E-state index contributed by atoms with van der Waals surface area (Å²) in [5, 5.41) is 5.74. The molecule has 2 fully saturated rings. The Bertz CT molecular complexity index is 349. The molecule has 2 heterocycles. The number of hydrogen-bond donors (Lipinski definition) is 1. The van der Waals surface area contributed by atoms with Crippen molar-refractivity contribution < 1.29 is 0 Å². The lowest BCUT2D eigenvalue weighted by Gasteiger charge is -2.37. The number of piperidine rings is 1. The minimum absolute atomic E-state index is 0.919. The van der Waals surface area contributed by atoms with Gasteiger partial charge in [-0.25, -0.2) is 0 Å². The van der Waals surface area contributed by atoms with Crippen molar-refractivity contribution in [3.8, 4) is 0 Å². The minimum atomic E-state index is 0.919. The van der Waals surface area contributed by atoms with Crippen LogP contribution in [-0.4, -0.2) is 30.6 Å². The first-order valence-corrected chi connectivity index (χ1v) is 8.28. The van der Waals surface area contributed by atoms with Gasteiger partial charge in [0.15, 0.2) is 0 Å². The van der Waals surface area contributed by atoms with E-state index in [4.69, 9.17) is 0 Å². The van der Waals surface area contributed by atoms with Crippen LogP contribution in [0.3, 0.4) is 0 Å². The zero-order valence-electron chi connectivity index (χ0n) is 11.1. The van der Waals surface area contributed by atoms with Crippen LogP contribution in [0.2, 0.25) is 0 Å². The van der Waals surface area contributed by atoms with Gasteiger partial charge in [-0.05, 0) is 49.6 Å². The van der Waals surface area contributed by atoms with Gasteiger partial charge in [-0.2, -0.15) is 0 Å². The van der Waals surface area contributed by atoms with E-state index in [1.807, 2.05) is 11.3 Å². The second-order valence-electron chi connectivity index (χ2n) is 5.69. The Morgan fingerprint density at radius 1 is 1.28 bits per heavy atom. The number of fused-ring (bicyclic) bond motifs is 1. The number of rotatable bonds is 5. The molecular weight excluding hydrogens is 240 g/mol. The second kappa shape index (κ2) is 6.18. The molecule has 0 amide bonds. The number of likely N-dealkylation sites (tertiary alicyclic amines) is 1. The predicted octanol–water partition coefficient (Wildman–Crippen LogP) is 3.10. The highest BCUT2D eigenvalue weighted by Gasteiger charge is 2.34. The smallest absolute Gasteiger partial charge is 0.0300 e. The fourth-order valence-corrected chi connectivity index (χ4v) is 4.36. The molecule has 0 aromatic carbocycles. The Labute approximate surface area is 114 Å². The van der Waals surface area contributed by atoms with Crippen molar-refractivity contribution in [2.24, 2.45) is 5.92 Å². The van der Waals surface area contributed by atoms with Crippen molar-refractivity contribution >= 4 is 11.3 Å². The van der Waals surface area contributed by atoms with E-state index in [2.05, 4.69) is 27.7 Å². The van der Waals surface area contributed by atoms with Crippen LogP contribution >= 0.6 is 11.3 Å². The molecule has 0 radical (unpaired) electrons. The fourth-order valence-electron chi connectivity index (χ4n) is 3.68. The van der Waals surface area contributed by atoms with Crippen molar-refractivity contribution in [1.29, 1.82) is 0 Å². The van der Waals surface area contributed by atoms with Crippen LogP contribution in [0.25, 0.3) is 0 Å². The van der Waals surface area contributed by atoms with Crippen LogP contribution in [0.4, 0.5) is 0 Å². The van der Waals surface area contributed by atoms with Crippen molar-refractivity contribution in [3.63, 3.8) is 0 Å². The molecule has 1 aromatic heterocycles.